The summed E-state index contributed by atoms with van der Waals surface area (Å²) < 4.78 is 0.955. The van der Waals surface area contributed by atoms with E-state index in [-0.39, 0.29) is 24.4 Å². The van der Waals surface area contributed by atoms with E-state index in [1.54, 1.807) is 0 Å². The lowest BCUT2D eigenvalue weighted by atomic mass is 10.1. The third-order valence-electron chi connectivity index (χ3n) is 3.24. The van der Waals surface area contributed by atoms with Crippen molar-refractivity contribution in [1.29, 1.82) is 0 Å². The molecular formula is C13H18BrClN2O. The number of rotatable bonds is 4. The zero-order chi connectivity index (χ0) is 12.4. The second kappa shape index (κ2) is 6.55. The summed E-state index contributed by atoms with van der Waals surface area (Å²) in [6, 6.07) is 5.74. The molecule has 0 bridgehead atoms. The maximum Gasteiger partial charge on any atom is 0.251 e. The highest BCUT2D eigenvalue weighted by Gasteiger charge is 2.28. The maximum atomic E-state index is 12.0. The van der Waals surface area contributed by atoms with Crippen LogP contribution in [-0.4, -0.2) is 18.5 Å². The van der Waals surface area contributed by atoms with Crippen molar-refractivity contribution in [3.05, 3.63) is 33.8 Å². The predicted molar refractivity (Wildman–Crippen MR) is 79.2 cm³/mol. The number of amides is 1. The van der Waals surface area contributed by atoms with E-state index >= 15 is 0 Å². The Morgan fingerprint density at radius 1 is 1.56 bits per heavy atom. The van der Waals surface area contributed by atoms with E-state index in [1.165, 1.54) is 12.8 Å². The first-order valence-electron chi connectivity index (χ1n) is 5.88. The number of carbonyl (C=O) groups is 1. The van der Waals surface area contributed by atoms with Gasteiger partial charge in [0, 0.05) is 22.6 Å². The molecule has 1 amide bonds. The molecule has 0 aliphatic heterocycles. The Balaban J connectivity index is 0.00000162. The molecule has 1 saturated carbocycles. The Morgan fingerprint density at radius 3 is 2.83 bits per heavy atom. The van der Waals surface area contributed by atoms with Crippen molar-refractivity contribution >= 4 is 34.2 Å². The van der Waals surface area contributed by atoms with E-state index in [4.69, 9.17) is 5.73 Å². The van der Waals surface area contributed by atoms with Gasteiger partial charge in [-0.25, -0.2) is 0 Å². The fraction of sp³-hybridized carbons (Fsp3) is 0.462. The summed E-state index contributed by atoms with van der Waals surface area (Å²) in [4.78, 5) is 12.0. The molecule has 0 spiro atoms. The van der Waals surface area contributed by atoms with Crippen LogP contribution < -0.4 is 11.1 Å². The molecule has 1 aliphatic rings. The lowest BCUT2D eigenvalue weighted by molar-refractivity contribution is 0.0949. The number of hydrogen-bond acceptors (Lipinski definition) is 2. The number of halogens is 2. The molecule has 1 fully saturated rings. The Labute approximate surface area is 122 Å². The Hall–Kier alpha value is -0.580. The highest BCUT2D eigenvalue weighted by atomic mass is 79.9. The van der Waals surface area contributed by atoms with Crippen molar-refractivity contribution in [3.8, 4) is 0 Å². The largest absolute Gasteiger partial charge is 0.350 e. The summed E-state index contributed by atoms with van der Waals surface area (Å²) in [5, 5.41) is 2.90. The fourth-order valence-electron chi connectivity index (χ4n) is 1.85. The molecule has 2 rings (SSSR count). The third kappa shape index (κ3) is 3.70. The third-order valence-corrected chi connectivity index (χ3v) is 4.10. The van der Waals surface area contributed by atoms with E-state index in [0.29, 0.717) is 18.0 Å². The molecule has 18 heavy (non-hydrogen) atoms. The molecule has 0 heterocycles. The zero-order valence-electron chi connectivity index (χ0n) is 10.3. The Bertz CT molecular complexity index is 435. The predicted octanol–water partition coefficient (Wildman–Crippen LogP) is 2.65. The van der Waals surface area contributed by atoms with Crippen LogP contribution in [-0.2, 0) is 0 Å². The number of nitrogens with one attached hydrogen (secondary N) is 1. The molecule has 1 aromatic carbocycles. The van der Waals surface area contributed by atoms with E-state index in [0.717, 1.165) is 10.0 Å². The van der Waals surface area contributed by atoms with Crippen molar-refractivity contribution < 1.29 is 4.79 Å². The number of hydrogen-bond donors (Lipinski definition) is 2. The Morgan fingerprint density at radius 2 is 2.22 bits per heavy atom. The molecule has 0 radical (unpaired) electrons. The molecule has 1 aliphatic carbocycles. The minimum atomic E-state index is -0.0418. The van der Waals surface area contributed by atoms with Gasteiger partial charge in [-0.3, -0.25) is 4.79 Å². The van der Waals surface area contributed by atoms with Crippen molar-refractivity contribution in [2.24, 2.45) is 11.7 Å². The molecule has 100 valence electrons. The van der Waals surface area contributed by atoms with Crippen molar-refractivity contribution in [2.45, 2.75) is 25.8 Å². The number of nitrogens with two attached hydrogens (primary N) is 1. The van der Waals surface area contributed by atoms with Gasteiger partial charge in [-0.1, -0.05) is 22.0 Å². The van der Waals surface area contributed by atoms with E-state index in [2.05, 4.69) is 21.2 Å². The quantitative estimate of drug-likeness (QED) is 0.890. The van der Waals surface area contributed by atoms with Crippen LogP contribution in [0.2, 0.25) is 0 Å². The molecule has 3 N–H and O–H groups in total. The zero-order valence-corrected chi connectivity index (χ0v) is 12.7. The normalized spacial score (nSPS) is 15.7. The van der Waals surface area contributed by atoms with Crippen LogP contribution in [0.15, 0.2) is 22.7 Å². The van der Waals surface area contributed by atoms with E-state index < -0.39 is 0 Å². The van der Waals surface area contributed by atoms with Crippen LogP contribution in [0.1, 0.15) is 28.8 Å². The molecule has 5 heteroatoms. The summed E-state index contributed by atoms with van der Waals surface area (Å²) in [6.07, 6.45) is 2.40. The molecular weight excluding hydrogens is 316 g/mol. The van der Waals surface area contributed by atoms with Gasteiger partial charge in [-0.05, 0) is 43.4 Å². The topological polar surface area (TPSA) is 55.1 Å². The monoisotopic (exact) mass is 332 g/mol. The summed E-state index contributed by atoms with van der Waals surface area (Å²) in [7, 11) is 0. The van der Waals surface area contributed by atoms with Gasteiger partial charge in [-0.15, -0.1) is 12.4 Å². The van der Waals surface area contributed by atoms with Crippen molar-refractivity contribution in [1.82, 2.24) is 5.32 Å². The van der Waals surface area contributed by atoms with Gasteiger partial charge >= 0.3 is 0 Å². The van der Waals surface area contributed by atoms with Crippen molar-refractivity contribution in [2.75, 3.05) is 6.54 Å². The van der Waals surface area contributed by atoms with Crippen LogP contribution in [0.25, 0.3) is 0 Å². The summed E-state index contributed by atoms with van der Waals surface area (Å²) in [5.74, 6) is 0.568. The van der Waals surface area contributed by atoms with Crippen LogP contribution in [0.3, 0.4) is 0 Å². The molecule has 0 saturated heterocycles. The van der Waals surface area contributed by atoms with Crippen molar-refractivity contribution in [3.63, 3.8) is 0 Å². The van der Waals surface area contributed by atoms with Crippen LogP contribution in [0.5, 0.6) is 0 Å². The molecule has 1 unspecified atom stereocenters. The second-order valence-electron chi connectivity index (χ2n) is 4.62. The van der Waals surface area contributed by atoms with Gasteiger partial charge in [0.05, 0.1) is 0 Å². The minimum Gasteiger partial charge on any atom is -0.350 e. The van der Waals surface area contributed by atoms with E-state index in [1.807, 2.05) is 25.1 Å². The highest BCUT2D eigenvalue weighted by Crippen LogP contribution is 2.31. The number of benzene rings is 1. The molecule has 1 atom stereocenters. The summed E-state index contributed by atoms with van der Waals surface area (Å²) >= 11 is 3.42. The van der Waals surface area contributed by atoms with Gasteiger partial charge < -0.3 is 11.1 Å². The fourth-order valence-corrected chi connectivity index (χ4v) is 2.22. The molecule has 1 aromatic rings. The van der Waals surface area contributed by atoms with Crippen LogP contribution in [0, 0.1) is 12.8 Å². The van der Waals surface area contributed by atoms with Gasteiger partial charge in [0.1, 0.15) is 0 Å². The Kier molecular flexibility index (Phi) is 5.63. The van der Waals surface area contributed by atoms with Gasteiger partial charge in [0.15, 0.2) is 0 Å². The molecule has 3 nitrogen and oxygen atoms in total. The van der Waals surface area contributed by atoms with Gasteiger partial charge in [0.2, 0.25) is 0 Å². The smallest absolute Gasteiger partial charge is 0.251 e. The average molecular weight is 334 g/mol. The first kappa shape index (κ1) is 15.5. The van der Waals surface area contributed by atoms with Gasteiger partial charge in [-0.2, -0.15) is 0 Å². The first-order valence-corrected chi connectivity index (χ1v) is 6.68. The highest BCUT2D eigenvalue weighted by molar-refractivity contribution is 9.10. The standard InChI is InChI=1S/C13H17BrN2O.ClH/c1-8-10(3-2-4-11(8)14)13(17)16-7-12(15)9-5-6-9;/h2-4,9,12H,5-7,15H2,1H3,(H,16,17);1H. The second-order valence-corrected chi connectivity index (χ2v) is 5.48. The average Bonchev–Trinajstić information content (AvgIpc) is 3.13. The maximum absolute atomic E-state index is 12.0. The lowest BCUT2D eigenvalue weighted by Gasteiger charge is -2.13. The number of carbonyl (C=O) groups excluding carboxylic acids is 1. The summed E-state index contributed by atoms with van der Waals surface area (Å²) in [5.41, 5.74) is 7.62. The lowest BCUT2D eigenvalue weighted by Crippen LogP contribution is -2.38. The first-order chi connectivity index (χ1) is 8.09. The summed E-state index contributed by atoms with van der Waals surface area (Å²) in [6.45, 7) is 2.50. The van der Waals surface area contributed by atoms with Gasteiger partial charge in [0.25, 0.3) is 5.91 Å². The SMILES string of the molecule is Cc1c(Br)cccc1C(=O)NCC(N)C1CC1.Cl. The van der Waals surface area contributed by atoms with Crippen LogP contribution >= 0.6 is 28.3 Å². The van der Waals surface area contributed by atoms with Crippen LogP contribution in [0.4, 0.5) is 0 Å². The molecule has 0 aromatic heterocycles. The minimum absolute atomic E-state index is 0. The van der Waals surface area contributed by atoms with E-state index in [9.17, 15) is 4.79 Å².